The summed E-state index contributed by atoms with van der Waals surface area (Å²) in [7, 11) is 0. The fourth-order valence-electron chi connectivity index (χ4n) is 2.29. The van der Waals surface area contributed by atoms with Gasteiger partial charge >= 0.3 is 5.97 Å². The number of hydrogen-bond donors (Lipinski definition) is 1. The number of ether oxygens (including phenoxy) is 1. The molecule has 1 atom stereocenters. The topological polar surface area (TPSA) is 49.8 Å². The summed E-state index contributed by atoms with van der Waals surface area (Å²) >= 11 is 6.15. The number of benzene rings is 1. The molecule has 18 heavy (non-hydrogen) atoms. The molecule has 5 heteroatoms. The number of aliphatic carboxylic acids is 1. The molecule has 1 heterocycles. The van der Waals surface area contributed by atoms with E-state index in [0.717, 1.165) is 0 Å². The monoisotopic (exact) mass is 269 g/mol. The predicted molar refractivity (Wildman–Crippen MR) is 68.8 cm³/mol. The van der Waals surface area contributed by atoms with E-state index >= 15 is 0 Å². The highest BCUT2D eigenvalue weighted by atomic mass is 35.5. The minimum absolute atomic E-state index is 0.480. The SMILES string of the molecule is C[C@@](C(=O)O)(c1ccccc1Cl)N1CCOCC1. The minimum Gasteiger partial charge on any atom is -0.480 e. The Bertz CT molecular complexity index is 446. The molecule has 0 saturated carbocycles. The molecule has 1 saturated heterocycles. The third-order valence-electron chi connectivity index (χ3n) is 3.46. The summed E-state index contributed by atoms with van der Waals surface area (Å²) in [6.07, 6.45) is 0. The molecule has 2 rings (SSSR count). The molecule has 1 N–H and O–H groups in total. The molecule has 0 aromatic heterocycles. The quantitative estimate of drug-likeness (QED) is 0.912. The first-order valence-corrected chi connectivity index (χ1v) is 6.26. The molecule has 1 fully saturated rings. The lowest BCUT2D eigenvalue weighted by molar-refractivity contribution is -0.154. The van der Waals surface area contributed by atoms with Gasteiger partial charge in [-0.15, -0.1) is 0 Å². The number of morpholine rings is 1. The first kappa shape index (κ1) is 13.3. The van der Waals surface area contributed by atoms with Gasteiger partial charge < -0.3 is 9.84 Å². The van der Waals surface area contributed by atoms with Crippen molar-refractivity contribution < 1.29 is 14.6 Å². The summed E-state index contributed by atoms with van der Waals surface area (Å²) in [6, 6.07) is 7.10. The zero-order valence-electron chi connectivity index (χ0n) is 10.2. The lowest BCUT2D eigenvalue weighted by atomic mass is 9.89. The van der Waals surface area contributed by atoms with E-state index in [2.05, 4.69) is 0 Å². The minimum atomic E-state index is -1.11. The number of halogens is 1. The van der Waals surface area contributed by atoms with Gasteiger partial charge in [0.2, 0.25) is 0 Å². The summed E-state index contributed by atoms with van der Waals surface area (Å²) < 4.78 is 5.27. The van der Waals surface area contributed by atoms with Gasteiger partial charge in [-0.05, 0) is 13.0 Å². The van der Waals surface area contributed by atoms with Crippen molar-refractivity contribution in [2.45, 2.75) is 12.5 Å². The number of carboxylic acids is 1. The van der Waals surface area contributed by atoms with Crippen LogP contribution in [0.1, 0.15) is 12.5 Å². The Hall–Kier alpha value is -1.10. The first-order chi connectivity index (χ1) is 8.56. The van der Waals surface area contributed by atoms with E-state index in [9.17, 15) is 9.90 Å². The van der Waals surface area contributed by atoms with Crippen LogP contribution >= 0.6 is 11.6 Å². The van der Waals surface area contributed by atoms with E-state index in [4.69, 9.17) is 16.3 Å². The maximum absolute atomic E-state index is 11.7. The highest BCUT2D eigenvalue weighted by molar-refractivity contribution is 6.31. The van der Waals surface area contributed by atoms with Crippen molar-refractivity contribution in [3.8, 4) is 0 Å². The van der Waals surface area contributed by atoms with E-state index in [0.29, 0.717) is 36.9 Å². The molecule has 98 valence electrons. The highest BCUT2D eigenvalue weighted by Crippen LogP contribution is 2.34. The second kappa shape index (κ2) is 5.26. The van der Waals surface area contributed by atoms with Gasteiger partial charge in [0.1, 0.15) is 5.54 Å². The van der Waals surface area contributed by atoms with Crippen molar-refractivity contribution in [3.63, 3.8) is 0 Å². The zero-order valence-corrected chi connectivity index (χ0v) is 11.0. The molecular formula is C13H16ClNO3. The largest absolute Gasteiger partial charge is 0.480 e. The van der Waals surface area contributed by atoms with Gasteiger partial charge in [-0.3, -0.25) is 4.90 Å². The van der Waals surface area contributed by atoms with E-state index in [1.54, 1.807) is 25.1 Å². The Labute approximate surface area is 111 Å². The molecule has 1 aliphatic rings. The molecule has 0 amide bonds. The highest BCUT2D eigenvalue weighted by Gasteiger charge is 2.43. The molecule has 0 radical (unpaired) electrons. The van der Waals surface area contributed by atoms with Crippen LogP contribution in [0.4, 0.5) is 0 Å². The summed E-state index contributed by atoms with van der Waals surface area (Å²) in [5, 5.41) is 10.1. The molecule has 0 bridgehead atoms. The molecule has 1 aliphatic heterocycles. The van der Waals surface area contributed by atoms with Crippen molar-refractivity contribution in [2.75, 3.05) is 26.3 Å². The second-order valence-corrected chi connectivity index (χ2v) is 4.86. The van der Waals surface area contributed by atoms with Gasteiger partial charge in [-0.25, -0.2) is 4.79 Å². The molecule has 1 aromatic rings. The van der Waals surface area contributed by atoms with Crippen LogP contribution in [0.3, 0.4) is 0 Å². The lowest BCUT2D eigenvalue weighted by Gasteiger charge is -2.40. The van der Waals surface area contributed by atoms with Crippen LogP contribution in [0, 0.1) is 0 Å². The normalized spacial score (nSPS) is 20.3. The van der Waals surface area contributed by atoms with Crippen LogP contribution in [0.2, 0.25) is 5.02 Å². The Morgan fingerprint density at radius 1 is 1.39 bits per heavy atom. The fourth-order valence-corrected chi connectivity index (χ4v) is 2.61. The van der Waals surface area contributed by atoms with Gasteiger partial charge in [-0.1, -0.05) is 29.8 Å². The van der Waals surface area contributed by atoms with Gasteiger partial charge in [-0.2, -0.15) is 0 Å². The number of hydrogen-bond acceptors (Lipinski definition) is 3. The third kappa shape index (κ3) is 2.23. The van der Waals surface area contributed by atoms with Crippen LogP contribution in [-0.4, -0.2) is 42.3 Å². The van der Waals surface area contributed by atoms with Crippen molar-refractivity contribution in [2.24, 2.45) is 0 Å². The Morgan fingerprint density at radius 2 is 2.00 bits per heavy atom. The van der Waals surface area contributed by atoms with Crippen molar-refractivity contribution in [1.29, 1.82) is 0 Å². The molecular weight excluding hydrogens is 254 g/mol. The van der Waals surface area contributed by atoms with Gasteiger partial charge in [0.15, 0.2) is 0 Å². The van der Waals surface area contributed by atoms with E-state index < -0.39 is 11.5 Å². The van der Waals surface area contributed by atoms with Gasteiger partial charge in [0.05, 0.1) is 13.2 Å². The fraction of sp³-hybridized carbons (Fsp3) is 0.462. The average Bonchev–Trinajstić information content (AvgIpc) is 2.39. The van der Waals surface area contributed by atoms with Crippen molar-refractivity contribution in [3.05, 3.63) is 34.9 Å². The first-order valence-electron chi connectivity index (χ1n) is 5.88. The average molecular weight is 270 g/mol. The summed E-state index contributed by atoms with van der Waals surface area (Å²) in [4.78, 5) is 13.6. The van der Waals surface area contributed by atoms with Crippen molar-refractivity contribution >= 4 is 17.6 Å². The number of rotatable bonds is 3. The van der Waals surface area contributed by atoms with E-state index in [-0.39, 0.29) is 0 Å². The van der Waals surface area contributed by atoms with Crippen LogP contribution in [-0.2, 0) is 15.1 Å². The molecule has 0 spiro atoms. The number of nitrogens with zero attached hydrogens (tertiary/aromatic N) is 1. The van der Waals surface area contributed by atoms with Crippen LogP contribution in [0.15, 0.2) is 24.3 Å². The molecule has 1 aromatic carbocycles. The van der Waals surface area contributed by atoms with E-state index in [1.165, 1.54) is 0 Å². The van der Waals surface area contributed by atoms with Crippen molar-refractivity contribution in [1.82, 2.24) is 4.90 Å². The van der Waals surface area contributed by atoms with Crippen LogP contribution in [0.5, 0.6) is 0 Å². The second-order valence-electron chi connectivity index (χ2n) is 4.46. The standard InChI is InChI=1S/C13H16ClNO3/c1-13(12(16)17,15-6-8-18-9-7-15)10-4-2-3-5-11(10)14/h2-5H,6-9H2,1H3,(H,16,17)/t13-/m0/s1. The smallest absolute Gasteiger partial charge is 0.328 e. The molecule has 0 unspecified atom stereocenters. The van der Waals surface area contributed by atoms with Crippen LogP contribution < -0.4 is 0 Å². The van der Waals surface area contributed by atoms with E-state index in [1.807, 2.05) is 11.0 Å². The number of carboxylic acid groups (broad SMARTS) is 1. The summed E-state index contributed by atoms with van der Waals surface area (Å²) in [5.41, 5.74) is -0.483. The predicted octanol–water partition coefficient (Wildman–Crippen LogP) is 1.97. The zero-order chi connectivity index (χ0) is 13.2. The number of carbonyl (C=O) groups is 1. The Kier molecular flexibility index (Phi) is 3.90. The summed E-state index contributed by atoms with van der Waals surface area (Å²) in [6.45, 7) is 3.98. The lowest BCUT2D eigenvalue weighted by Crippen LogP contribution is -2.54. The Balaban J connectivity index is 2.43. The van der Waals surface area contributed by atoms with Gasteiger partial charge in [0.25, 0.3) is 0 Å². The molecule has 4 nitrogen and oxygen atoms in total. The van der Waals surface area contributed by atoms with Crippen LogP contribution in [0.25, 0.3) is 0 Å². The third-order valence-corrected chi connectivity index (χ3v) is 3.79. The Morgan fingerprint density at radius 3 is 2.56 bits per heavy atom. The van der Waals surface area contributed by atoms with Gasteiger partial charge in [0, 0.05) is 23.7 Å². The summed E-state index contributed by atoms with van der Waals surface area (Å²) in [5.74, 6) is -0.891. The molecule has 0 aliphatic carbocycles. The maximum Gasteiger partial charge on any atom is 0.328 e. The maximum atomic E-state index is 11.7.